The molecule has 0 saturated carbocycles. The van der Waals surface area contributed by atoms with Crippen molar-refractivity contribution in [2.24, 2.45) is 5.92 Å². The fraction of sp³-hybridized carbons (Fsp3) is 0.429. The van der Waals surface area contributed by atoms with E-state index in [2.05, 4.69) is 68.6 Å². The van der Waals surface area contributed by atoms with Crippen molar-refractivity contribution in [1.29, 1.82) is 0 Å². The molecule has 0 saturated heterocycles. The Labute approximate surface area is 132 Å². The number of nitrogens with one attached hydrogen (secondary N) is 1. The first-order chi connectivity index (χ1) is 9.61. The second-order valence-corrected chi connectivity index (χ2v) is 5.96. The van der Waals surface area contributed by atoms with Crippen molar-refractivity contribution in [3.63, 3.8) is 0 Å². The van der Waals surface area contributed by atoms with Gasteiger partial charge in [-0.2, -0.15) is 0 Å². The number of hydrogen-bond donors (Lipinski definition) is 1. The molecule has 2 heterocycles. The summed E-state index contributed by atoms with van der Waals surface area (Å²) in [5, 5.41) is 3.30. The van der Waals surface area contributed by atoms with Gasteiger partial charge in [-0.3, -0.25) is 0 Å². The van der Waals surface area contributed by atoms with Crippen LogP contribution in [0.4, 0.5) is 5.82 Å². The number of nitrogens with zero attached hydrogens (tertiary/aromatic N) is 4. The summed E-state index contributed by atoms with van der Waals surface area (Å²) in [5.74, 6) is 2.08. The Hall–Kier alpha value is -1.31. The number of anilines is 1. The minimum Gasteiger partial charge on any atom is -0.369 e. The molecule has 0 atom stereocenters. The van der Waals surface area contributed by atoms with Gasteiger partial charge in [-0.25, -0.2) is 19.9 Å². The predicted molar refractivity (Wildman–Crippen MR) is 88.5 cm³/mol. The van der Waals surface area contributed by atoms with Crippen LogP contribution in [-0.4, -0.2) is 26.5 Å². The van der Waals surface area contributed by atoms with Gasteiger partial charge in [-0.05, 0) is 47.9 Å². The Kier molecular flexibility index (Phi) is 5.22. The Morgan fingerprint density at radius 2 is 2.10 bits per heavy atom. The van der Waals surface area contributed by atoms with E-state index in [-0.39, 0.29) is 0 Å². The third-order valence-electron chi connectivity index (χ3n) is 2.68. The van der Waals surface area contributed by atoms with Crippen molar-refractivity contribution in [2.45, 2.75) is 27.2 Å². The molecule has 6 heteroatoms. The minimum atomic E-state index is 0.547. The highest BCUT2D eigenvalue weighted by atomic mass is 127. The zero-order valence-electron chi connectivity index (χ0n) is 11.9. The van der Waals surface area contributed by atoms with Gasteiger partial charge in [0, 0.05) is 12.7 Å². The van der Waals surface area contributed by atoms with Gasteiger partial charge in [-0.1, -0.05) is 13.8 Å². The number of rotatable bonds is 5. The Balaban J connectivity index is 2.49. The molecular weight excluding hydrogens is 365 g/mol. The molecule has 0 unspecified atom stereocenters. The van der Waals surface area contributed by atoms with Crippen molar-refractivity contribution in [3.8, 4) is 11.5 Å². The molecule has 2 rings (SSSR count). The summed E-state index contributed by atoms with van der Waals surface area (Å²) in [6, 6.07) is 1.83. The Bertz CT molecular complexity index is 571. The van der Waals surface area contributed by atoms with Gasteiger partial charge in [0.1, 0.15) is 17.8 Å². The molecule has 0 aliphatic heterocycles. The third-order valence-corrected chi connectivity index (χ3v) is 3.81. The molecule has 0 radical (unpaired) electrons. The summed E-state index contributed by atoms with van der Waals surface area (Å²) >= 11 is 2.31. The molecule has 1 N–H and O–H groups in total. The highest BCUT2D eigenvalue weighted by molar-refractivity contribution is 14.1. The van der Waals surface area contributed by atoms with Crippen LogP contribution in [0.3, 0.4) is 0 Å². The monoisotopic (exact) mass is 383 g/mol. The summed E-state index contributed by atoms with van der Waals surface area (Å²) < 4.78 is 1.09. The van der Waals surface area contributed by atoms with Crippen molar-refractivity contribution >= 4 is 28.4 Å². The lowest BCUT2D eigenvalue weighted by Gasteiger charge is -2.13. The zero-order valence-corrected chi connectivity index (χ0v) is 14.0. The second-order valence-electron chi connectivity index (χ2n) is 4.88. The van der Waals surface area contributed by atoms with Gasteiger partial charge < -0.3 is 5.32 Å². The van der Waals surface area contributed by atoms with Gasteiger partial charge in [0.25, 0.3) is 0 Å². The molecule has 0 aliphatic carbocycles. The summed E-state index contributed by atoms with van der Waals surface area (Å²) in [4.78, 5) is 17.4. The highest BCUT2D eigenvalue weighted by Crippen LogP contribution is 2.24. The minimum absolute atomic E-state index is 0.547. The predicted octanol–water partition coefficient (Wildman–Crippen LogP) is 3.17. The quantitative estimate of drug-likeness (QED) is 0.804. The molecule has 0 amide bonds. The van der Waals surface area contributed by atoms with E-state index in [1.54, 1.807) is 6.20 Å². The standard InChI is InChI=1S/C14H18IN5/c1-4-17-14-12(15)11(7-9(2)3)19-13(20-14)10-5-6-16-8-18-10/h5-6,8-9H,4,7H2,1-3H3,(H,17,19,20). The molecule has 106 valence electrons. The summed E-state index contributed by atoms with van der Waals surface area (Å²) in [6.45, 7) is 7.27. The summed E-state index contributed by atoms with van der Waals surface area (Å²) in [7, 11) is 0. The smallest absolute Gasteiger partial charge is 0.180 e. The molecule has 0 aromatic carbocycles. The second kappa shape index (κ2) is 6.92. The van der Waals surface area contributed by atoms with Gasteiger partial charge in [-0.15, -0.1) is 0 Å². The van der Waals surface area contributed by atoms with Crippen LogP contribution in [-0.2, 0) is 6.42 Å². The molecule has 0 bridgehead atoms. The van der Waals surface area contributed by atoms with Crippen LogP contribution in [0.2, 0.25) is 0 Å². The van der Waals surface area contributed by atoms with Crippen LogP contribution < -0.4 is 5.32 Å². The molecule has 20 heavy (non-hydrogen) atoms. The average Bonchev–Trinajstić information content (AvgIpc) is 2.44. The number of halogens is 1. The maximum atomic E-state index is 4.68. The first-order valence-corrected chi connectivity index (χ1v) is 7.76. The van der Waals surface area contributed by atoms with E-state index in [1.165, 1.54) is 6.33 Å². The van der Waals surface area contributed by atoms with E-state index in [0.29, 0.717) is 11.7 Å². The van der Waals surface area contributed by atoms with Crippen molar-refractivity contribution in [3.05, 3.63) is 27.9 Å². The van der Waals surface area contributed by atoms with Crippen LogP contribution >= 0.6 is 22.6 Å². The SMILES string of the molecule is CCNc1nc(-c2ccncn2)nc(CC(C)C)c1I. The molecular formula is C14H18IN5. The van der Waals surface area contributed by atoms with E-state index < -0.39 is 0 Å². The fourth-order valence-electron chi connectivity index (χ4n) is 1.84. The maximum absolute atomic E-state index is 4.68. The molecule has 0 fully saturated rings. The van der Waals surface area contributed by atoms with Gasteiger partial charge in [0.05, 0.1) is 9.26 Å². The first kappa shape index (κ1) is 15.1. The Morgan fingerprint density at radius 3 is 2.70 bits per heavy atom. The van der Waals surface area contributed by atoms with E-state index >= 15 is 0 Å². The lowest BCUT2D eigenvalue weighted by atomic mass is 10.1. The molecule has 2 aromatic rings. The lowest BCUT2D eigenvalue weighted by Crippen LogP contribution is -2.10. The molecule has 5 nitrogen and oxygen atoms in total. The van der Waals surface area contributed by atoms with E-state index in [0.717, 1.165) is 33.7 Å². The normalized spacial score (nSPS) is 10.8. The van der Waals surface area contributed by atoms with Gasteiger partial charge >= 0.3 is 0 Å². The van der Waals surface area contributed by atoms with E-state index in [9.17, 15) is 0 Å². The van der Waals surface area contributed by atoms with Crippen molar-refractivity contribution < 1.29 is 0 Å². The van der Waals surface area contributed by atoms with E-state index in [4.69, 9.17) is 0 Å². The topological polar surface area (TPSA) is 63.6 Å². The van der Waals surface area contributed by atoms with Crippen molar-refractivity contribution in [2.75, 3.05) is 11.9 Å². The van der Waals surface area contributed by atoms with Crippen LogP contribution in [0.15, 0.2) is 18.6 Å². The lowest BCUT2D eigenvalue weighted by molar-refractivity contribution is 0.632. The van der Waals surface area contributed by atoms with Gasteiger partial charge in [0.15, 0.2) is 5.82 Å². The van der Waals surface area contributed by atoms with Crippen LogP contribution in [0.5, 0.6) is 0 Å². The van der Waals surface area contributed by atoms with Crippen molar-refractivity contribution in [1.82, 2.24) is 19.9 Å². The average molecular weight is 383 g/mol. The maximum Gasteiger partial charge on any atom is 0.180 e. The highest BCUT2D eigenvalue weighted by Gasteiger charge is 2.14. The molecule has 0 spiro atoms. The van der Waals surface area contributed by atoms with Crippen LogP contribution in [0, 0.1) is 9.49 Å². The number of hydrogen-bond acceptors (Lipinski definition) is 5. The summed E-state index contributed by atoms with van der Waals surface area (Å²) in [5.41, 5.74) is 1.82. The first-order valence-electron chi connectivity index (χ1n) is 6.68. The summed E-state index contributed by atoms with van der Waals surface area (Å²) in [6.07, 6.45) is 4.15. The third kappa shape index (κ3) is 3.62. The van der Waals surface area contributed by atoms with Crippen LogP contribution in [0.25, 0.3) is 11.5 Å². The Morgan fingerprint density at radius 1 is 1.30 bits per heavy atom. The van der Waals surface area contributed by atoms with E-state index in [1.807, 2.05) is 6.07 Å². The fourth-order valence-corrected chi connectivity index (χ4v) is 2.49. The number of aromatic nitrogens is 4. The van der Waals surface area contributed by atoms with Gasteiger partial charge in [0.2, 0.25) is 0 Å². The zero-order chi connectivity index (χ0) is 14.5. The largest absolute Gasteiger partial charge is 0.369 e. The van der Waals surface area contributed by atoms with Crippen LogP contribution in [0.1, 0.15) is 26.5 Å². The molecule has 0 aliphatic rings. The molecule has 2 aromatic heterocycles.